The van der Waals surface area contributed by atoms with E-state index in [9.17, 15) is 9.59 Å². The SMILES string of the molecule is Cc1ccc(-c2nccn3cc(C(=O)N4CCN(C(=O)c5ccco5)CC4)nc23)cc1. The van der Waals surface area contributed by atoms with Crippen molar-refractivity contribution in [1.29, 1.82) is 0 Å². The zero-order valence-corrected chi connectivity index (χ0v) is 17.1. The molecular formula is C23H21N5O3. The van der Waals surface area contributed by atoms with E-state index in [2.05, 4.69) is 9.97 Å². The van der Waals surface area contributed by atoms with E-state index in [4.69, 9.17) is 4.42 Å². The fourth-order valence-corrected chi connectivity index (χ4v) is 3.77. The summed E-state index contributed by atoms with van der Waals surface area (Å²) in [4.78, 5) is 38.0. The summed E-state index contributed by atoms with van der Waals surface area (Å²) in [5.74, 6) is 0.0126. The normalized spacial score (nSPS) is 14.2. The Morgan fingerprint density at radius 2 is 1.68 bits per heavy atom. The van der Waals surface area contributed by atoms with Crippen LogP contribution in [0.15, 0.2) is 65.7 Å². The lowest BCUT2D eigenvalue weighted by Crippen LogP contribution is -2.50. The first-order chi connectivity index (χ1) is 15.1. The van der Waals surface area contributed by atoms with E-state index < -0.39 is 0 Å². The molecule has 0 saturated carbocycles. The van der Waals surface area contributed by atoms with Gasteiger partial charge in [0.15, 0.2) is 11.4 Å². The smallest absolute Gasteiger partial charge is 0.289 e. The monoisotopic (exact) mass is 415 g/mol. The molecule has 0 aliphatic carbocycles. The highest BCUT2D eigenvalue weighted by atomic mass is 16.3. The van der Waals surface area contributed by atoms with Crippen LogP contribution in [-0.2, 0) is 0 Å². The van der Waals surface area contributed by atoms with Crippen LogP contribution in [0.2, 0.25) is 0 Å². The van der Waals surface area contributed by atoms with E-state index in [0.29, 0.717) is 43.3 Å². The second-order valence-electron chi connectivity index (χ2n) is 7.56. The average molecular weight is 415 g/mol. The Morgan fingerprint density at radius 3 is 2.35 bits per heavy atom. The fraction of sp³-hybridized carbons (Fsp3) is 0.217. The first kappa shape index (κ1) is 19.0. The minimum absolute atomic E-state index is 0.149. The molecule has 0 spiro atoms. The Balaban J connectivity index is 1.34. The Bertz CT molecular complexity index is 1240. The number of furan rings is 1. The van der Waals surface area contributed by atoms with E-state index in [0.717, 1.165) is 11.3 Å². The molecular weight excluding hydrogens is 394 g/mol. The Hall–Kier alpha value is -3.94. The summed E-state index contributed by atoms with van der Waals surface area (Å²) in [5.41, 5.74) is 3.86. The molecule has 8 heteroatoms. The predicted octanol–water partition coefficient (Wildman–Crippen LogP) is 2.90. The highest BCUT2D eigenvalue weighted by Gasteiger charge is 2.28. The first-order valence-corrected chi connectivity index (χ1v) is 10.1. The molecule has 0 N–H and O–H groups in total. The van der Waals surface area contributed by atoms with Gasteiger partial charge in [-0.15, -0.1) is 0 Å². The zero-order valence-electron chi connectivity index (χ0n) is 17.1. The van der Waals surface area contributed by atoms with Gasteiger partial charge in [0.2, 0.25) is 0 Å². The Labute approximate surface area is 178 Å². The number of imidazole rings is 1. The molecule has 2 amide bonds. The largest absolute Gasteiger partial charge is 0.459 e. The van der Waals surface area contributed by atoms with Gasteiger partial charge in [-0.3, -0.25) is 14.6 Å². The van der Waals surface area contributed by atoms with Crippen molar-refractivity contribution in [1.82, 2.24) is 24.2 Å². The summed E-state index contributed by atoms with van der Waals surface area (Å²) in [7, 11) is 0. The van der Waals surface area contributed by atoms with E-state index in [1.165, 1.54) is 11.8 Å². The quantitative estimate of drug-likeness (QED) is 0.514. The number of fused-ring (bicyclic) bond motifs is 1. The first-order valence-electron chi connectivity index (χ1n) is 10.1. The molecule has 8 nitrogen and oxygen atoms in total. The number of carbonyl (C=O) groups is 2. The number of hydrogen-bond donors (Lipinski definition) is 0. The van der Waals surface area contributed by atoms with Gasteiger partial charge in [-0.25, -0.2) is 4.98 Å². The van der Waals surface area contributed by atoms with Gasteiger partial charge in [-0.2, -0.15) is 0 Å². The molecule has 0 radical (unpaired) electrons. The van der Waals surface area contributed by atoms with Gasteiger partial charge < -0.3 is 18.6 Å². The van der Waals surface area contributed by atoms with E-state index in [1.807, 2.05) is 35.6 Å². The van der Waals surface area contributed by atoms with Gasteiger partial charge in [0.1, 0.15) is 11.4 Å². The van der Waals surface area contributed by atoms with Crippen molar-refractivity contribution in [3.05, 3.63) is 78.3 Å². The highest BCUT2D eigenvalue weighted by molar-refractivity contribution is 5.94. The Morgan fingerprint density at radius 1 is 0.968 bits per heavy atom. The zero-order chi connectivity index (χ0) is 21.4. The number of aryl methyl sites for hydroxylation is 1. The summed E-state index contributed by atoms with van der Waals surface area (Å²) in [6, 6.07) is 11.4. The van der Waals surface area contributed by atoms with Crippen molar-refractivity contribution in [3.8, 4) is 11.3 Å². The fourth-order valence-electron chi connectivity index (χ4n) is 3.77. The minimum atomic E-state index is -0.154. The van der Waals surface area contributed by atoms with Crippen molar-refractivity contribution < 1.29 is 14.0 Å². The maximum absolute atomic E-state index is 13.1. The molecule has 0 unspecified atom stereocenters. The van der Waals surface area contributed by atoms with E-state index >= 15 is 0 Å². The lowest BCUT2D eigenvalue weighted by Gasteiger charge is -2.33. The molecule has 1 aliphatic heterocycles. The molecule has 0 atom stereocenters. The van der Waals surface area contributed by atoms with Crippen LogP contribution in [0, 0.1) is 6.92 Å². The van der Waals surface area contributed by atoms with Crippen LogP contribution in [0.4, 0.5) is 0 Å². The van der Waals surface area contributed by atoms with Gasteiger partial charge in [0.25, 0.3) is 11.8 Å². The van der Waals surface area contributed by atoms with Gasteiger partial charge >= 0.3 is 0 Å². The molecule has 5 rings (SSSR count). The van der Waals surface area contributed by atoms with Gasteiger partial charge in [0, 0.05) is 50.3 Å². The number of amides is 2. The summed E-state index contributed by atoms with van der Waals surface area (Å²) in [6.07, 6.45) is 6.71. The summed E-state index contributed by atoms with van der Waals surface area (Å²) in [5, 5.41) is 0. The molecule has 1 aromatic carbocycles. The molecule has 156 valence electrons. The molecule has 4 aromatic rings. The molecule has 4 heterocycles. The third-order valence-electron chi connectivity index (χ3n) is 5.51. The lowest BCUT2D eigenvalue weighted by atomic mass is 10.1. The maximum Gasteiger partial charge on any atom is 0.289 e. The molecule has 1 aliphatic rings. The van der Waals surface area contributed by atoms with Crippen molar-refractivity contribution in [2.75, 3.05) is 26.2 Å². The van der Waals surface area contributed by atoms with Crippen LogP contribution in [-0.4, -0.2) is 62.2 Å². The van der Waals surface area contributed by atoms with Crippen LogP contribution < -0.4 is 0 Å². The number of nitrogens with zero attached hydrogens (tertiary/aromatic N) is 5. The topological polar surface area (TPSA) is 84.0 Å². The van der Waals surface area contributed by atoms with Crippen LogP contribution >= 0.6 is 0 Å². The number of aromatic nitrogens is 3. The van der Waals surface area contributed by atoms with E-state index in [1.54, 1.807) is 40.5 Å². The highest BCUT2D eigenvalue weighted by Crippen LogP contribution is 2.23. The maximum atomic E-state index is 13.1. The average Bonchev–Trinajstić information content (AvgIpc) is 3.49. The Kier molecular flexibility index (Phi) is 4.74. The van der Waals surface area contributed by atoms with Crippen molar-refractivity contribution in [3.63, 3.8) is 0 Å². The van der Waals surface area contributed by atoms with Crippen molar-refractivity contribution >= 4 is 17.5 Å². The molecule has 1 saturated heterocycles. The predicted molar refractivity (Wildman–Crippen MR) is 114 cm³/mol. The van der Waals surface area contributed by atoms with Gasteiger partial charge in [-0.1, -0.05) is 29.8 Å². The van der Waals surface area contributed by atoms with Crippen LogP contribution in [0.25, 0.3) is 16.9 Å². The van der Waals surface area contributed by atoms with Crippen molar-refractivity contribution in [2.24, 2.45) is 0 Å². The number of hydrogen-bond acceptors (Lipinski definition) is 5. The third-order valence-corrected chi connectivity index (χ3v) is 5.51. The number of rotatable bonds is 3. The number of piperazine rings is 1. The minimum Gasteiger partial charge on any atom is -0.459 e. The number of carbonyl (C=O) groups excluding carboxylic acids is 2. The number of benzene rings is 1. The van der Waals surface area contributed by atoms with Gasteiger partial charge in [-0.05, 0) is 19.1 Å². The summed E-state index contributed by atoms with van der Waals surface area (Å²) in [6.45, 7) is 3.83. The lowest BCUT2D eigenvalue weighted by molar-refractivity contribution is 0.0515. The van der Waals surface area contributed by atoms with Crippen LogP contribution in [0.5, 0.6) is 0 Å². The second-order valence-corrected chi connectivity index (χ2v) is 7.56. The molecule has 1 fully saturated rings. The molecule has 3 aromatic heterocycles. The standard InChI is InChI=1S/C23H21N5O3/c1-16-4-6-17(7-5-16)20-21-25-18(15-28(21)9-8-24-20)22(29)26-10-12-27(13-11-26)23(30)19-3-2-14-31-19/h2-9,14-15H,10-13H2,1H3. The van der Waals surface area contributed by atoms with Crippen LogP contribution in [0.1, 0.15) is 26.6 Å². The second kappa shape index (κ2) is 7.71. The summed E-state index contributed by atoms with van der Waals surface area (Å²) < 4.78 is 7.02. The molecule has 0 bridgehead atoms. The molecule has 31 heavy (non-hydrogen) atoms. The van der Waals surface area contributed by atoms with Crippen LogP contribution in [0.3, 0.4) is 0 Å². The van der Waals surface area contributed by atoms with Gasteiger partial charge in [0.05, 0.1) is 6.26 Å². The van der Waals surface area contributed by atoms with Crippen molar-refractivity contribution in [2.45, 2.75) is 6.92 Å². The third kappa shape index (κ3) is 3.56. The van der Waals surface area contributed by atoms with E-state index in [-0.39, 0.29) is 11.8 Å². The summed E-state index contributed by atoms with van der Waals surface area (Å²) >= 11 is 0.